The highest BCUT2D eigenvalue weighted by Gasteiger charge is 2.10. The molecule has 2 aromatic rings. The van der Waals surface area contributed by atoms with Gasteiger partial charge in [-0.1, -0.05) is 12.1 Å². The van der Waals surface area contributed by atoms with Gasteiger partial charge in [0.1, 0.15) is 11.5 Å². The van der Waals surface area contributed by atoms with Crippen molar-refractivity contribution >= 4 is 11.6 Å². The molecule has 1 N–H and O–H groups in total. The lowest BCUT2D eigenvalue weighted by Gasteiger charge is -2.11. The van der Waals surface area contributed by atoms with E-state index in [9.17, 15) is 4.79 Å². The van der Waals surface area contributed by atoms with E-state index in [0.29, 0.717) is 28.7 Å². The molecule has 0 aliphatic heterocycles. The summed E-state index contributed by atoms with van der Waals surface area (Å²) >= 11 is 0. The van der Waals surface area contributed by atoms with Crippen LogP contribution in [0.4, 0.5) is 0 Å². The molecule has 7 nitrogen and oxygen atoms in total. The number of hydrogen-bond donors (Lipinski definition) is 1. The molecule has 0 heterocycles. The number of carbonyl (C=O) groups excluding carboxylic acids is 1. The molecule has 0 atom stereocenters. The van der Waals surface area contributed by atoms with Crippen LogP contribution in [0.25, 0.3) is 0 Å². The molecule has 0 radical (unpaired) electrons. The second-order valence-electron chi connectivity index (χ2n) is 5.24. The lowest BCUT2D eigenvalue weighted by Crippen LogP contribution is -2.25. The van der Waals surface area contributed by atoms with Gasteiger partial charge in [0.05, 0.1) is 27.0 Å². The summed E-state index contributed by atoms with van der Waals surface area (Å²) in [6.07, 6.45) is 0. The summed E-state index contributed by atoms with van der Waals surface area (Å²) in [7, 11) is 4.68. The summed E-state index contributed by atoms with van der Waals surface area (Å²) in [5.41, 5.74) is 3.81. The summed E-state index contributed by atoms with van der Waals surface area (Å²) in [5.74, 6) is 1.94. The minimum Gasteiger partial charge on any atom is -0.497 e. The molecule has 0 saturated heterocycles. The van der Waals surface area contributed by atoms with Gasteiger partial charge in [-0.25, -0.2) is 5.43 Å². The van der Waals surface area contributed by atoms with Crippen LogP contribution < -0.4 is 24.4 Å². The van der Waals surface area contributed by atoms with Gasteiger partial charge in [0.15, 0.2) is 18.1 Å². The van der Waals surface area contributed by atoms with Crippen LogP contribution in [0.2, 0.25) is 0 Å². The molecule has 0 saturated carbocycles. The van der Waals surface area contributed by atoms with Gasteiger partial charge in [0.2, 0.25) is 0 Å². The van der Waals surface area contributed by atoms with Crippen molar-refractivity contribution in [3.63, 3.8) is 0 Å². The van der Waals surface area contributed by atoms with E-state index in [0.717, 1.165) is 5.56 Å². The SMILES string of the molecule is COc1ccc(/C(C)=N/NC(=O)COc2ccccc2OC)c(OC)c1. The van der Waals surface area contributed by atoms with Crippen LogP contribution in [-0.4, -0.2) is 39.6 Å². The smallest absolute Gasteiger partial charge is 0.277 e. The van der Waals surface area contributed by atoms with Crippen molar-refractivity contribution < 1.29 is 23.7 Å². The minimum atomic E-state index is -0.386. The zero-order chi connectivity index (χ0) is 18.9. The largest absolute Gasteiger partial charge is 0.497 e. The molecule has 0 aromatic heterocycles. The summed E-state index contributed by atoms with van der Waals surface area (Å²) < 4.78 is 21.1. The Morgan fingerprint density at radius 1 is 0.962 bits per heavy atom. The number of para-hydroxylation sites is 2. The van der Waals surface area contributed by atoms with Crippen molar-refractivity contribution in [2.45, 2.75) is 6.92 Å². The third-order valence-corrected chi connectivity index (χ3v) is 3.57. The number of methoxy groups -OCH3 is 3. The Morgan fingerprint density at radius 2 is 1.65 bits per heavy atom. The van der Waals surface area contributed by atoms with Gasteiger partial charge < -0.3 is 18.9 Å². The third kappa shape index (κ3) is 4.89. The van der Waals surface area contributed by atoms with E-state index in [-0.39, 0.29) is 12.5 Å². The van der Waals surface area contributed by atoms with Gasteiger partial charge in [-0.05, 0) is 31.2 Å². The molecule has 7 heteroatoms. The lowest BCUT2D eigenvalue weighted by molar-refractivity contribution is -0.123. The first-order chi connectivity index (χ1) is 12.6. The van der Waals surface area contributed by atoms with E-state index < -0.39 is 0 Å². The Labute approximate surface area is 152 Å². The first-order valence-corrected chi connectivity index (χ1v) is 7.90. The fourth-order valence-corrected chi connectivity index (χ4v) is 2.22. The molecular weight excluding hydrogens is 336 g/mol. The standard InChI is InChI=1S/C19H22N2O5/c1-13(15-10-9-14(23-2)11-18(15)25-4)20-21-19(22)12-26-17-8-6-5-7-16(17)24-3/h5-11H,12H2,1-4H3,(H,21,22)/b20-13+. The van der Waals surface area contributed by atoms with Gasteiger partial charge in [-0.15, -0.1) is 0 Å². The van der Waals surface area contributed by atoms with E-state index in [1.807, 2.05) is 12.1 Å². The number of amides is 1. The van der Waals surface area contributed by atoms with Crippen molar-refractivity contribution in [1.29, 1.82) is 0 Å². The van der Waals surface area contributed by atoms with Crippen LogP contribution in [0.15, 0.2) is 47.6 Å². The highest BCUT2D eigenvalue weighted by molar-refractivity contribution is 6.01. The Bertz CT molecular complexity index is 789. The molecule has 2 rings (SSSR count). The van der Waals surface area contributed by atoms with Crippen LogP contribution in [-0.2, 0) is 4.79 Å². The Kier molecular flexibility index (Phi) is 6.84. The Hall–Kier alpha value is -3.22. The average molecular weight is 358 g/mol. The molecule has 0 unspecified atom stereocenters. The van der Waals surface area contributed by atoms with Crippen molar-refractivity contribution in [2.24, 2.45) is 5.10 Å². The van der Waals surface area contributed by atoms with E-state index in [4.69, 9.17) is 18.9 Å². The van der Waals surface area contributed by atoms with Crippen LogP contribution in [0, 0.1) is 0 Å². The van der Waals surface area contributed by atoms with Gasteiger partial charge in [-0.3, -0.25) is 4.79 Å². The number of nitrogens with zero attached hydrogens (tertiary/aromatic N) is 1. The molecule has 0 aliphatic carbocycles. The highest BCUT2D eigenvalue weighted by atomic mass is 16.5. The lowest BCUT2D eigenvalue weighted by atomic mass is 10.1. The predicted molar refractivity (Wildman–Crippen MR) is 98.4 cm³/mol. The van der Waals surface area contributed by atoms with Crippen molar-refractivity contribution in [1.82, 2.24) is 5.43 Å². The summed E-state index contributed by atoms with van der Waals surface area (Å²) in [6.45, 7) is 1.59. The predicted octanol–water partition coefficient (Wildman–Crippen LogP) is 2.63. The second kappa shape index (κ2) is 9.31. The molecule has 0 bridgehead atoms. The molecule has 1 amide bonds. The molecule has 0 aliphatic rings. The first-order valence-electron chi connectivity index (χ1n) is 7.90. The zero-order valence-corrected chi connectivity index (χ0v) is 15.2. The van der Waals surface area contributed by atoms with E-state index in [1.165, 1.54) is 7.11 Å². The summed E-state index contributed by atoms with van der Waals surface area (Å²) in [4.78, 5) is 12.0. The molecule has 0 spiro atoms. The van der Waals surface area contributed by atoms with E-state index >= 15 is 0 Å². The maximum atomic E-state index is 12.0. The summed E-state index contributed by atoms with van der Waals surface area (Å²) in [6, 6.07) is 12.5. The van der Waals surface area contributed by atoms with Crippen LogP contribution >= 0.6 is 0 Å². The quantitative estimate of drug-likeness (QED) is 0.580. The average Bonchev–Trinajstić information content (AvgIpc) is 2.69. The maximum absolute atomic E-state index is 12.0. The van der Waals surface area contributed by atoms with Crippen LogP contribution in [0.5, 0.6) is 23.0 Å². The Morgan fingerprint density at radius 3 is 2.31 bits per heavy atom. The van der Waals surface area contributed by atoms with Crippen LogP contribution in [0.3, 0.4) is 0 Å². The molecular formula is C19H22N2O5. The van der Waals surface area contributed by atoms with Crippen molar-refractivity contribution in [3.8, 4) is 23.0 Å². The van der Waals surface area contributed by atoms with E-state index in [1.54, 1.807) is 51.5 Å². The van der Waals surface area contributed by atoms with Gasteiger partial charge in [0.25, 0.3) is 5.91 Å². The molecule has 138 valence electrons. The maximum Gasteiger partial charge on any atom is 0.277 e. The fourth-order valence-electron chi connectivity index (χ4n) is 2.22. The topological polar surface area (TPSA) is 78.4 Å². The number of carbonyl (C=O) groups is 1. The fraction of sp³-hybridized carbons (Fsp3) is 0.263. The minimum absolute atomic E-state index is 0.184. The number of benzene rings is 2. The Balaban J connectivity index is 1.99. The zero-order valence-electron chi connectivity index (χ0n) is 15.2. The number of ether oxygens (including phenoxy) is 4. The molecule has 2 aromatic carbocycles. The number of rotatable bonds is 8. The van der Waals surface area contributed by atoms with Crippen LogP contribution in [0.1, 0.15) is 12.5 Å². The normalized spacial score (nSPS) is 10.8. The number of nitrogens with one attached hydrogen (secondary N) is 1. The molecule has 0 fully saturated rings. The number of hydrogen-bond acceptors (Lipinski definition) is 6. The van der Waals surface area contributed by atoms with Gasteiger partial charge >= 0.3 is 0 Å². The monoisotopic (exact) mass is 358 g/mol. The highest BCUT2D eigenvalue weighted by Crippen LogP contribution is 2.26. The molecule has 26 heavy (non-hydrogen) atoms. The van der Waals surface area contributed by atoms with Gasteiger partial charge in [0, 0.05) is 11.6 Å². The van der Waals surface area contributed by atoms with Crippen molar-refractivity contribution in [3.05, 3.63) is 48.0 Å². The number of hydrazone groups is 1. The van der Waals surface area contributed by atoms with E-state index in [2.05, 4.69) is 10.5 Å². The second-order valence-corrected chi connectivity index (χ2v) is 5.24. The first kappa shape index (κ1) is 19.1. The third-order valence-electron chi connectivity index (χ3n) is 3.57. The van der Waals surface area contributed by atoms with Gasteiger partial charge in [-0.2, -0.15) is 5.10 Å². The summed E-state index contributed by atoms with van der Waals surface area (Å²) in [5, 5.41) is 4.10. The van der Waals surface area contributed by atoms with Crippen molar-refractivity contribution in [2.75, 3.05) is 27.9 Å².